The molecule has 2 aliphatic carbocycles. The molecule has 0 aromatic rings. The maximum Gasteiger partial charge on any atom is 0 e. The van der Waals surface area contributed by atoms with Crippen LogP contribution in [0.1, 0.15) is 32.1 Å². The van der Waals surface area contributed by atoms with Gasteiger partial charge in [-0.3, -0.25) is 15.5 Å². The smallest absolute Gasteiger partial charge is 0 e. The first kappa shape index (κ1) is 15.7. The molecule has 0 aliphatic heterocycles. The van der Waals surface area contributed by atoms with Crippen LogP contribution in [0.25, 0.3) is 0 Å². The van der Waals surface area contributed by atoms with Crippen LogP contribution in [0.2, 0.25) is 0 Å². The third kappa shape index (κ3) is 3.85. The fraction of sp³-hybridized carbons (Fsp3) is 0.600. The summed E-state index contributed by atoms with van der Waals surface area (Å²) >= 11 is 0. The van der Waals surface area contributed by atoms with E-state index in [0.29, 0.717) is 0 Å². The number of hydrogen-bond acceptors (Lipinski definition) is 0. The summed E-state index contributed by atoms with van der Waals surface area (Å²) in [6.45, 7) is 0. The van der Waals surface area contributed by atoms with Crippen LogP contribution in [-0.4, -0.2) is 0 Å². The molecule has 0 unspecified atom stereocenters. The second-order valence-corrected chi connectivity index (χ2v) is 3.22. The van der Waals surface area contributed by atoms with Gasteiger partial charge in [0.15, 0.2) is 0 Å². The van der Waals surface area contributed by atoms with Gasteiger partial charge >= 0.3 is 0 Å². The maximum atomic E-state index is 3.40. The molecule has 0 atom stereocenters. The van der Waals surface area contributed by atoms with E-state index in [2.05, 4.69) is 18.2 Å². The topological polar surface area (TPSA) is 0 Å². The molecular formula is C10H15F2Zr-. The molecule has 0 N–H and O–H groups in total. The Morgan fingerprint density at radius 3 is 2.23 bits per heavy atom. The van der Waals surface area contributed by atoms with Crippen molar-refractivity contribution in [1.82, 2.24) is 0 Å². The van der Waals surface area contributed by atoms with Crippen molar-refractivity contribution < 1.29 is 35.6 Å². The fourth-order valence-electron chi connectivity index (χ4n) is 1.94. The molecule has 2 aliphatic rings. The van der Waals surface area contributed by atoms with E-state index in [1.807, 2.05) is 0 Å². The van der Waals surface area contributed by atoms with Crippen LogP contribution in [0.5, 0.6) is 0 Å². The summed E-state index contributed by atoms with van der Waals surface area (Å²) in [4.78, 5) is 0. The van der Waals surface area contributed by atoms with E-state index in [0.717, 1.165) is 12.3 Å². The van der Waals surface area contributed by atoms with Crippen molar-refractivity contribution in [2.45, 2.75) is 32.1 Å². The molecule has 0 spiro atoms. The van der Waals surface area contributed by atoms with Gasteiger partial charge in [0.1, 0.15) is 0 Å². The Labute approximate surface area is 97.3 Å². The van der Waals surface area contributed by atoms with E-state index in [-0.39, 0.29) is 35.6 Å². The Morgan fingerprint density at radius 2 is 1.77 bits per heavy atom. The van der Waals surface area contributed by atoms with Gasteiger partial charge in [-0.1, -0.05) is 12.8 Å². The van der Waals surface area contributed by atoms with Gasteiger partial charge in [0.25, 0.3) is 0 Å². The second kappa shape index (κ2) is 7.61. The van der Waals surface area contributed by atoms with Gasteiger partial charge < -0.3 is 0 Å². The quantitative estimate of drug-likeness (QED) is 0.638. The summed E-state index contributed by atoms with van der Waals surface area (Å²) in [5.41, 5.74) is 1.50. The van der Waals surface area contributed by atoms with Crippen LogP contribution in [0.4, 0.5) is 9.41 Å². The van der Waals surface area contributed by atoms with Gasteiger partial charge in [-0.25, -0.2) is 11.6 Å². The standard InChI is InChI=1S/C10H13.2FH.Zr/c1-2-6-9(5-1)10-7-3-4-8-10;;;/h1,5,10H,2-4,7-8H2;2*1H;/q-1;;;. The molecule has 0 saturated heterocycles. The molecule has 74 valence electrons. The zero-order chi connectivity index (χ0) is 6.81. The molecule has 0 nitrogen and oxygen atoms in total. The van der Waals surface area contributed by atoms with Crippen LogP contribution in [0, 0.1) is 12.0 Å². The van der Waals surface area contributed by atoms with Gasteiger partial charge in [-0.2, -0.15) is 6.08 Å². The van der Waals surface area contributed by atoms with Crippen molar-refractivity contribution in [2.75, 3.05) is 0 Å². The molecule has 0 bridgehead atoms. The third-order valence-electron chi connectivity index (χ3n) is 2.52. The van der Waals surface area contributed by atoms with Gasteiger partial charge in [0.2, 0.25) is 0 Å². The first-order valence-corrected chi connectivity index (χ1v) is 4.24. The minimum absolute atomic E-state index is 0. The van der Waals surface area contributed by atoms with Crippen molar-refractivity contribution in [3.8, 4) is 0 Å². The Balaban J connectivity index is 0. The van der Waals surface area contributed by atoms with Crippen LogP contribution in [0.15, 0.2) is 17.7 Å². The van der Waals surface area contributed by atoms with Crippen LogP contribution in [-0.2, 0) is 26.2 Å². The molecule has 0 aromatic heterocycles. The molecule has 2 rings (SSSR count). The molecule has 13 heavy (non-hydrogen) atoms. The third-order valence-corrected chi connectivity index (χ3v) is 2.52. The van der Waals surface area contributed by atoms with Gasteiger partial charge in [-0.15, -0.1) is 6.42 Å². The normalized spacial score (nSPS) is 19.8. The molecule has 0 heterocycles. The second-order valence-electron chi connectivity index (χ2n) is 3.22. The van der Waals surface area contributed by atoms with E-state index >= 15 is 0 Å². The van der Waals surface area contributed by atoms with Crippen molar-refractivity contribution >= 4 is 0 Å². The van der Waals surface area contributed by atoms with E-state index in [9.17, 15) is 0 Å². The van der Waals surface area contributed by atoms with Crippen LogP contribution >= 0.6 is 0 Å². The summed E-state index contributed by atoms with van der Waals surface area (Å²) in [5.74, 6) is 0.874. The summed E-state index contributed by atoms with van der Waals surface area (Å²) < 4.78 is 0. The molecule has 1 saturated carbocycles. The van der Waals surface area contributed by atoms with Crippen molar-refractivity contribution in [3.63, 3.8) is 0 Å². The van der Waals surface area contributed by atoms with Crippen molar-refractivity contribution in [1.29, 1.82) is 0 Å². The van der Waals surface area contributed by atoms with Gasteiger partial charge in [-0.05, 0) is 18.8 Å². The SMILES string of the molecule is F.F.[C-]1=C(C2CCCC2)C=CC1.[Zr]. The van der Waals surface area contributed by atoms with E-state index in [4.69, 9.17) is 0 Å². The fourth-order valence-corrected chi connectivity index (χ4v) is 1.94. The number of halogens is 2. The predicted molar refractivity (Wildman–Crippen MR) is 47.5 cm³/mol. The average Bonchev–Trinajstić information content (AvgIpc) is 2.59. The van der Waals surface area contributed by atoms with Crippen LogP contribution < -0.4 is 0 Å². The molecule has 0 amide bonds. The zero-order valence-electron chi connectivity index (χ0n) is 7.58. The summed E-state index contributed by atoms with van der Waals surface area (Å²) in [7, 11) is 0. The van der Waals surface area contributed by atoms with Gasteiger partial charge in [0.05, 0.1) is 0 Å². The van der Waals surface area contributed by atoms with E-state index in [1.54, 1.807) is 0 Å². The van der Waals surface area contributed by atoms with Gasteiger partial charge in [0, 0.05) is 26.2 Å². The van der Waals surface area contributed by atoms with E-state index < -0.39 is 0 Å². The first-order chi connectivity index (χ1) is 4.97. The number of allylic oxidation sites excluding steroid dienone is 4. The largest absolute Gasteiger partial charge is 0.269 e. The monoisotopic (exact) mass is 263 g/mol. The Morgan fingerprint density at radius 1 is 1.15 bits per heavy atom. The molecule has 0 radical (unpaired) electrons. The molecule has 3 heteroatoms. The number of hydrogen-bond donors (Lipinski definition) is 0. The summed E-state index contributed by atoms with van der Waals surface area (Å²) in [5, 5.41) is 0. The predicted octanol–water partition coefficient (Wildman–Crippen LogP) is 3.17. The Hall–Kier alpha value is 0.223. The minimum Gasteiger partial charge on any atom is -0.269 e. The minimum atomic E-state index is 0. The van der Waals surface area contributed by atoms with E-state index in [1.165, 1.54) is 31.3 Å². The molecule has 1 fully saturated rings. The summed E-state index contributed by atoms with van der Waals surface area (Å²) in [6.07, 6.45) is 14.6. The Kier molecular flexibility index (Phi) is 9.18. The van der Waals surface area contributed by atoms with Crippen LogP contribution in [0.3, 0.4) is 0 Å². The van der Waals surface area contributed by atoms with Crippen molar-refractivity contribution in [2.24, 2.45) is 5.92 Å². The van der Waals surface area contributed by atoms with Crippen molar-refractivity contribution in [3.05, 3.63) is 23.8 Å². The molecular weight excluding hydrogens is 249 g/mol. The zero-order valence-corrected chi connectivity index (χ0v) is 10.0. The number of rotatable bonds is 1. The summed E-state index contributed by atoms with van der Waals surface area (Å²) in [6, 6.07) is 0. The molecule has 0 aromatic carbocycles. The maximum absolute atomic E-state index is 3.40. The first-order valence-electron chi connectivity index (χ1n) is 4.24. The average molecular weight is 264 g/mol. The Bertz CT molecular complexity index is 181.